The van der Waals surface area contributed by atoms with Crippen LogP contribution in [0.25, 0.3) is 0 Å². The van der Waals surface area contributed by atoms with Crippen molar-refractivity contribution < 1.29 is 9.53 Å². The highest BCUT2D eigenvalue weighted by atomic mass is 35.5. The number of halogens is 1. The number of fused-ring (bicyclic) bond motifs is 2. The highest BCUT2D eigenvalue weighted by Crippen LogP contribution is 2.24. The largest absolute Gasteiger partial charge is 0.492 e. The molecule has 4 aromatic rings. The van der Waals surface area contributed by atoms with Crippen LogP contribution in [0.15, 0.2) is 60.9 Å². The number of hydrogen-bond donors (Lipinski definition) is 2. The summed E-state index contributed by atoms with van der Waals surface area (Å²) in [5.74, 6) is 1.27. The average Bonchev–Trinajstić information content (AvgIpc) is 3.38. The number of benzene rings is 2. The standard InChI is InChI=1S/C25H25ClN6O2/c1-17-7-8-29-32(17)14-18-5-6-19-15-31-16-23(30-24(31)13-28-22(19)11-18)25(33)27-9-10-34-21-4-2-3-20(26)12-21/h2-8,11-12,16,28H,9-10,13-15H2,1H3,(H,27,33). The van der Waals surface area contributed by atoms with Gasteiger partial charge in [0.1, 0.15) is 23.9 Å². The van der Waals surface area contributed by atoms with E-state index in [1.165, 1.54) is 5.56 Å². The molecule has 2 aromatic carbocycles. The van der Waals surface area contributed by atoms with E-state index in [-0.39, 0.29) is 5.91 Å². The van der Waals surface area contributed by atoms with Crippen molar-refractivity contribution in [3.63, 3.8) is 0 Å². The van der Waals surface area contributed by atoms with Crippen LogP contribution in [0, 0.1) is 6.92 Å². The summed E-state index contributed by atoms with van der Waals surface area (Å²) < 4.78 is 9.62. The Hall–Kier alpha value is -3.78. The Morgan fingerprint density at radius 3 is 2.97 bits per heavy atom. The van der Waals surface area contributed by atoms with Gasteiger partial charge in [-0.2, -0.15) is 5.10 Å². The molecule has 8 nitrogen and oxygen atoms in total. The van der Waals surface area contributed by atoms with Crippen LogP contribution < -0.4 is 15.4 Å². The van der Waals surface area contributed by atoms with E-state index in [4.69, 9.17) is 16.3 Å². The van der Waals surface area contributed by atoms with Crippen LogP contribution in [-0.4, -0.2) is 38.4 Å². The molecule has 174 valence electrons. The fourth-order valence-electron chi connectivity index (χ4n) is 3.94. The lowest BCUT2D eigenvalue weighted by Gasteiger charge is -2.11. The Kier molecular flexibility index (Phi) is 6.22. The van der Waals surface area contributed by atoms with E-state index in [1.807, 2.05) is 40.6 Å². The first-order valence-electron chi connectivity index (χ1n) is 11.1. The smallest absolute Gasteiger partial charge is 0.271 e. The van der Waals surface area contributed by atoms with Gasteiger partial charge in [-0.15, -0.1) is 0 Å². The zero-order chi connectivity index (χ0) is 23.5. The van der Waals surface area contributed by atoms with Crippen molar-refractivity contribution in [2.24, 2.45) is 0 Å². The summed E-state index contributed by atoms with van der Waals surface area (Å²) in [5, 5.41) is 11.3. The maximum Gasteiger partial charge on any atom is 0.271 e. The molecule has 2 N–H and O–H groups in total. The molecular weight excluding hydrogens is 452 g/mol. The van der Waals surface area contributed by atoms with E-state index >= 15 is 0 Å². The summed E-state index contributed by atoms with van der Waals surface area (Å²) in [6.45, 7) is 4.68. The lowest BCUT2D eigenvalue weighted by atomic mass is 10.1. The van der Waals surface area contributed by atoms with Crippen molar-refractivity contribution in [3.8, 4) is 5.75 Å². The van der Waals surface area contributed by atoms with Crippen molar-refractivity contribution in [2.75, 3.05) is 18.5 Å². The number of hydrogen-bond acceptors (Lipinski definition) is 5. The number of anilines is 1. The molecule has 0 atom stereocenters. The number of carbonyl (C=O) groups is 1. The van der Waals surface area contributed by atoms with Gasteiger partial charge in [0.05, 0.1) is 26.2 Å². The average molecular weight is 477 g/mol. The van der Waals surface area contributed by atoms with Crippen molar-refractivity contribution in [2.45, 2.75) is 26.6 Å². The number of aryl methyl sites for hydroxylation is 1. The lowest BCUT2D eigenvalue weighted by molar-refractivity contribution is 0.0942. The minimum Gasteiger partial charge on any atom is -0.492 e. The fraction of sp³-hybridized carbons (Fsp3) is 0.240. The molecule has 0 aliphatic carbocycles. The number of amides is 1. The summed E-state index contributed by atoms with van der Waals surface area (Å²) >= 11 is 5.95. The molecule has 9 heteroatoms. The zero-order valence-electron chi connectivity index (χ0n) is 18.8. The third-order valence-corrected chi connectivity index (χ3v) is 5.99. The van der Waals surface area contributed by atoms with E-state index in [9.17, 15) is 4.79 Å². The Balaban J connectivity index is 1.19. The van der Waals surface area contributed by atoms with E-state index < -0.39 is 0 Å². The third-order valence-electron chi connectivity index (χ3n) is 5.76. The first kappa shape index (κ1) is 22.0. The second-order valence-electron chi connectivity index (χ2n) is 8.21. The van der Waals surface area contributed by atoms with E-state index in [0.717, 1.165) is 29.3 Å². The molecule has 34 heavy (non-hydrogen) atoms. The Morgan fingerprint density at radius 1 is 1.24 bits per heavy atom. The van der Waals surface area contributed by atoms with E-state index in [1.54, 1.807) is 18.3 Å². The first-order chi connectivity index (χ1) is 16.5. The number of rotatable bonds is 7. The Morgan fingerprint density at radius 2 is 2.15 bits per heavy atom. The predicted molar refractivity (Wildman–Crippen MR) is 130 cm³/mol. The SMILES string of the molecule is Cc1ccnn1Cc1ccc2c(c1)NCc1nc(C(=O)NCCOc3cccc(Cl)c3)cn1C2. The van der Waals surface area contributed by atoms with Crippen molar-refractivity contribution in [1.82, 2.24) is 24.6 Å². The van der Waals surface area contributed by atoms with Gasteiger partial charge >= 0.3 is 0 Å². The fourth-order valence-corrected chi connectivity index (χ4v) is 4.12. The summed E-state index contributed by atoms with van der Waals surface area (Å²) in [6, 6.07) is 15.6. The van der Waals surface area contributed by atoms with Gasteiger partial charge < -0.3 is 19.9 Å². The van der Waals surface area contributed by atoms with Gasteiger partial charge in [-0.05, 0) is 48.4 Å². The first-order valence-corrected chi connectivity index (χ1v) is 11.5. The minimum atomic E-state index is -0.222. The number of aromatic nitrogens is 4. The lowest BCUT2D eigenvalue weighted by Crippen LogP contribution is -2.28. The molecule has 0 saturated heterocycles. The summed E-state index contributed by atoms with van der Waals surface area (Å²) in [6.07, 6.45) is 3.62. The molecule has 1 aliphatic rings. The molecule has 0 fully saturated rings. The quantitative estimate of drug-likeness (QED) is 0.395. The molecule has 2 aromatic heterocycles. The van der Waals surface area contributed by atoms with Crippen LogP contribution in [0.4, 0.5) is 5.69 Å². The number of ether oxygens (including phenoxy) is 1. The monoisotopic (exact) mass is 476 g/mol. The van der Waals surface area contributed by atoms with Gasteiger partial charge in [-0.25, -0.2) is 4.98 Å². The Bertz CT molecular complexity index is 1330. The van der Waals surface area contributed by atoms with Gasteiger partial charge in [0.25, 0.3) is 5.91 Å². The van der Waals surface area contributed by atoms with E-state index in [2.05, 4.69) is 38.9 Å². The van der Waals surface area contributed by atoms with Crippen molar-refractivity contribution in [3.05, 3.63) is 94.3 Å². The molecule has 0 unspecified atom stereocenters. The highest BCUT2D eigenvalue weighted by Gasteiger charge is 2.18. The van der Waals surface area contributed by atoms with Gasteiger partial charge in [-0.1, -0.05) is 29.8 Å². The minimum absolute atomic E-state index is 0.222. The zero-order valence-corrected chi connectivity index (χ0v) is 19.5. The molecular formula is C25H25ClN6O2. The van der Waals surface area contributed by atoms with Gasteiger partial charge in [-0.3, -0.25) is 9.48 Å². The van der Waals surface area contributed by atoms with Gasteiger partial charge in [0.15, 0.2) is 0 Å². The summed E-state index contributed by atoms with van der Waals surface area (Å²) in [7, 11) is 0. The molecule has 0 spiro atoms. The second-order valence-corrected chi connectivity index (χ2v) is 8.64. The Labute approximate surface area is 202 Å². The van der Waals surface area contributed by atoms with Crippen LogP contribution in [0.5, 0.6) is 5.75 Å². The molecule has 5 rings (SSSR count). The van der Waals surface area contributed by atoms with Crippen LogP contribution in [0.2, 0.25) is 5.02 Å². The summed E-state index contributed by atoms with van der Waals surface area (Å²) in [5.41, 5.74) is 4.94. The maximum atomic E-state index is 12.6. The highest BCUT2D eigenvalue weighted by molar-refractivity contribution is 6.30. The third kappa shape index (κ3) is 4.92. The number of nitrogens with zero attached hydrogens (tertiary/aromatic N) is 4. The molecule has 3 heterocycles. The van der Waals surface area contributed by atoms with Crippen LogP contribution >= 0.6 is 11.6 Å². The number of imidazole rings is 1. The van der Waals surface area contributed by atoms with Crippen LogP contribution in [-0.2, 0) is 19.6 Å². The predicted octanol–water partition coefficient (Wildman–Crippen LogP) is 3.87. The number of nitrogens with one attached hydrogen (secondary N) is 2. The van der Waals surface area contributed by atoms with Crippen molar-refractivity contribution in [1.29, 1.82) is 0 Å². The van der Waals surface area contributed by atoms with Crippen LogP contribution in [0.1, 0.15) is 33.1 Å². The van der Waals surface area contributed by atoms with Crippen molar-refractivity contribution >= 4 is 23.2 Å². The normalized spacial score (nSPS) is 12.3. The van der Waals surface area contributed by atoms with Crippen LogP contribution in [0.3, 0.4) is 0 Å². The molecule has 1 amide bonds. The van der Waals surface area contributed by atoms with E-state index in [0.29, 0.717) is 42.7 Å². The molecule has 0 saturated carbocycles. The number of carbonyl (C=O) groups excluding carboxylic acids is 1. The maximum absolute atomic E-state index is 12.6. The topological polar surface area (TPSA) is 86.0 Å². The van der Waals surface area contributed by atoms with Gasteiger partial charge in [0.2, 0.25) is 0 Å². The molecule has 1 aliphatic heterocycles. The molecule has 0 radical (unpaired) electrons. The molecule has 0 bridgehead atoms. The summed E-state index contributed by atoms with van der Waals surface area (Å²) in [4.78, 5) is 17.1. The van der Waals surface area contributed by atoms with Gasteiger partial charge in [0, 0.05) is 28.8 Å². The second kappa shape index (κ2) is 9.61.